The van der Waals surface area contributed by atoms with E-state index in [4.69, 9.17) is 4.74 Å². The Morgan fingerprint density at radius 1 is 1.00 bits per heavy atom. The predicted molar refractivity (Wildman–Crippen MR) is 165 cm³/mol. The fraction of sp³-hybridized carbons (Fsp3) is 0.290. The molecule has 42 heavy (non-hydrogen) atoms. The van der Waals surface area contributed by atoms with E-state index >= 15 is 0 Å². The summed E-state index contributed by atoms with van der Waals surface area (Å²) in [6, 6.07) is 21.7. The second-order valence-electron chi connectivity index (χ2n) is 10.8. The first kappa shape index (κ1) is 30.6. The summed E-state index contributed by atoms with van der Waals surface area (Å²) in [5.74, 6) is 0. The quantitative estimate of drug-likeness (QED) is 0.118. The molecule has 1 atom stereocenters. The lowest BCUT2D eigenvalue weighted by Gasteiger charge is -2.30. The molecule has 0 saturated heterocycles. The van der Waals surface area contributed by atoms with Crippen molar-refractivity contribution in [3.8, 4) is 11.1 Å². The Hall–Kier alpha value is -4.35. The highest BCUT2D eigenvalue weighted by Gasteiger charge is 2.24. The van der Waals surface area contributed by atoms with Crippen molar-refractivity contribution in [2.75, 3.05) is 23.9 Å². The summed E-state index contributed by atoms with van der Waals surface area (Å²) in [6.45, 7) is 5.87. The predicted octanol–water partition coefficient (Wildman–Crippen LogP) is 6.62. The molecular weight excluding hydrogens is 556 g/mol. The number of aryl methyl sites for hydroxylation is 1. The topological polar surface area (TPSA) is 126 Å². The molecule has 0 spiro atoms. The first-order chi connectivity index (χ1) is 20.0. The van der Waals surface area contributed by atoms with Gasteiger partial charge in [-0.25, -0.2) is 9.00 Å². The summed E-state index contributed by atoms with van der Waals surface area (Å²) in [7, 11) is 0. The third-order valence-electron chi connectivity index (χ3n) is 6.56. The van der Waals surface area contributed by atoms with Gasteiger partial charge in [-0.1, -0.05) is 42.5 Å². The number of nitro benzene ring substituents is 1. The third kappa shape index (κ3) is 8.11. The number of carbonyl (C=O) groups excluding carboxylic acids is 1. The Kier molecular flexibility index (Phi) is 9.87. The van der Waals surface area contributed by atoms with Gasteiger partial charge < -0.3 is 9.64 Å². The number of anilines is 1. The van der Waals surface area contributed by atoms with Gasteiger partial charge in [-0.15, -0.1) is 0 Å². The van der Waals surface area contributed by atoms with E-state index in [2.05, 4.69) is 4.98 Å². The van der Waals surface area contributed by atoms with Crippen LogP contribution < -0.4 is 4.31 Å². The van der Waals surface area contributed by atoms with Gasteiger partial charge in [0, 0.05) is 48.4 Å². The summed E-state index contributed by atoms with van der Waals surface area (Å²) in [4.78, 5) is 29.4. The molecule has 0 radical (unpaired) electrons. The summed E-state index contributed by atoms with van der Waals surface area (Å²) in [5, 5.41) is 12.5. The summed E-state index contributed by atoms with van der Waals surface area (Å²) >= 11 is -2.39. The molecule has 4 rings (SSSR count). The minimum Gasteiger partial charge on any atom is -0.444 e. The molecule has 10 nitrogen and oxygen atoms in total. The lowest BCUT2D eigenvalue weighted by atomic mass is 10.0. The Morgan fingerprint density at radius 3 is 2.36 bits per heavy atom. The fourth-order valence-electron chi connectivity index (χ4n) is 4.57. The van der Waals surface area contributed by atoms with E-state index in [0.717, 1.165) is 27.5 Å². The maximum Gasteiger partial charge on any atom is 0.410 e. The molecule has 1 amide bonds. The number of hydrogen-bond donors (Lipinski definition) is 1. The fourth-order valence-corrected chi connectivity index (χ4v) is 5.12. The zero-order chi connectivity index (χ0) is 30.3. The van der Waals surface area contributed by atoms with Gasteiger partial charge in [0.05, 0.1) is 17.2 Å². The molecular formula is C31H34N4O6S. The Bertz CT molecular complexity index is 1560. The minimum absolute atomic E-state index is 0.0193. The number of benzene rings is 3. The average Bonchev–Trinajstić information content (AvgIpc) is 2.95. The molecule has 0 bridgehead atoms. The first-order valence-electron chi connectivity index (χ1n) is 13.5. The van der Waals surface area contributed by atoms with E-state index in [-0.39, 0.29) is 18.8 Å². The number of nitrogens with zero attached hydrogens (tertiary/aromatic N) is 4. The monoisotopic (exact) mass is 590 g/mol. The number of ether oxygens (including phenoxy) is 1. The van der Waals surface area contributed by atoms with Gasteiger partial charge >= 0.3 is 6.09 Å². The van der Waals surface area contributed by atoms with Crippen LogP contribution in [0.5, 0.6) is 0 Å². The number of non-ortho nitro benzene ring substituents is 1. The maximum absolute atomic E-state index is 13.2. The molecule has 220 valence electrons. The number of fused-ring (bicyclic) bond motifs is 1. The second kappa shape index (κ2) is 13.5. The second-order valence-corrected chi connectivity index (χ2v) is 11.7. The number of rotatable bonds is 11. The van der Waals surface area contributed by atoms with Crippen LogP contribution in [0.25, 0.3) is 21.9 Å². The molecule has 4 aromatic rings. The number of pyridine rings is 1. The van der Waals surface area contributed by atoms with E-state index in [9.17, 15) is 23.7 Å². The smallest absolute Gasteiger partial charge is 0.410 e. The van der Waals surface area contributed by atoms with Crippen LogP contribution in [-0.2, 0) is 22.4 Å². The van der Waals surface area contributed by atoms with Crippen molar-refractivity contribution < 1.29 is 23.2 Å². The van der Waals surface area contributed by atoms with Gasteiger partial charge in [0.25, 0.3) is 17.0 Å². The van der Waals surface area contributed by atoms with Crippen LogP contribution in [0.4, 0.5) is 16.2 Å². The number of amides is 1. The Morgan fingerprint density at radius 2 is 1.71 bits per heavy atom. The largest absolute Gasteiger partial charge is 0.444 e. The van der Waals surface area contributed by atoms with E-state index in [1.165, 1.54) is 21.3 Å². The van der Waals surface area contributed by atoms with Gasteiger partial charge in [-0.3, -0.25) is 24.0 Å². The van der Waals surface area contributed by atoms with Crippen molar-refractivity contribution in [3.05, 3.63) is 101 Å². The zero-order valence-corrected chi connectivity index (χ0v) is 24.6. The average molecular weight is 591 g/mol. The van der Waals surface area contributed by atoms with Crippen LogP contribution in [-0.4, -0.2) is 54.9 Å². The van der Waals surface area contributed by atoms with E-state index < -0.39 is 27.9 Å². The Labute approximate surface area is 247 Å². The molecule has 1 aromatic heterocycles. The molecule has 1 unspecified atom stereocenters. The summed E-state index contributed by atoms with van der Waals surface area (Å²) in [5.41, 5.74) is 2.57. The van der Waals surface area contributed by atoms with Crippen LogP contribution in [0, 0.1) is 10.1 Å². The molecule has 0 aliphatic rings. The summed E-state index contributed by atoms with van der Waals surface area (Å²) < 4.78 is 30.1. The minimum atomic E-state index is -2.39. The molecule has 3 aromatic carbocycles. The molecule has 0 fully saturated rings. The molecule has 1 N–H and O–H groups in total. The van der Waals surface area contributed by atoms with Crippen molar-refractivity contribution in [2.24, 2.45) is 0 Å². The maximum atomic E-state index is 13.2. The molecule has 0 saturated carbocycles. The van der Waals surface area contributed by atoms with Crippen LogP contribution in [0.15, 0.2) is 85.2 Å². The van der Waals surface area contributed by atoms with Gasteiger partial charge in [-0.2, -0.15) is 0 Å². The molecule has 0 aliphatic heterocycles. The van der Waals surface area contributed by atoms with Crippen molar-refractivity contribution in [1.82, 2.24) is 9.88 Å². The lowest BCUT2D eigenvalue weighted by Crippen LogP contribution is -2.42. The van der Waals surface area contributed by atoms with Crippen LogP contribution in [0.1, 0.15) is 32.8 Å². The van der Waals surface area contributed by atoms with Gasteiger partial charge in [0.1, 0.15) is 5.60 Å². The van der Waals surface area contributed by atoms with Crippen molar-refractivity contribution in [2.45, 2.75) is 39.2 Å². The molecule has 11 heteroatoms. The lowest BCUT2D eigenvalue weighted by molar-refractivity contribution is -0.384. The van der Waals surface area contributed by atoms with Crippen molar-refractivity contribution >= 4 is 39.5 Å². The van der Waals surface area contributed by atoms with Crippen LogP contribution in [0.2, 0.25) is 0 Å². The highest BCUT2D eigenvalue weighted by atomic mass is 32.2. The first-order valence-corrected chi connectivity index (χ1v) is 14.6. The van der Waals surface area contributed by atoms with Crippen molar-refractivity contribution in [1.29, 1.82) is 0 Å². The van der Waals surface area contributed by atoms with Gasteiger partial charge in [0.15, 0.2) is 0 Å². The number of hydrogen-bond acceptors (Lipinski definition) is 6. The van der Waals surface area contributed by atoms with E-state index in [1.807, 2.05) is 42.5 Å². The molecule has 0 aliphatic carbocycles. The van der Waals surface area contributed by atoms with Crippen molar-refractivity contribution in [3.63, 3.8) is 0 Å². The van der Waals surface area contributed by atoms with Crippen LogP contribution in [0.3, 0.4) is 0 Å². The van der Waals surface area contributed by atoms with E-state index in [1.54, 1.807) is 51.4 Å². The number of carbonyl (C=O) groups is 1. The number of aromatic nitrogens is 1. The third-order valence-corrected chi connectivity index (χ3v) is 7.32. The normalized spacial score (nSPS) is 12.1. The highest BCUT2D eigenvalue weighted by Crippen LogP contribution is 2.33. The van der Waals surface area contributed by atoms with E-state index in [0.29, 0.717) is 25.1 Å². The SMILES string of the molecule is CC(C)(C)OC(=O)N(CCCc1ccc([N+](=O)[O-])cc1)CCN(c1cc(-c2ccccc2)cc2cnccc12)S(=O)O. The standard InChI is InChI=1S/C31H34N4O6S/c1-31(2,3)41-30(36)33(17-7-8-23-11-13-27(14-12-23)35(37)38)18-19-34(42(39)40)29-21-25(24-9-5-4-6-10-24)20-26-22-32-16-15-28(26)29/h4-6,9-16,20-22H,7-8,17-19H2,1-3H3,(H,39,40). The van der Waals surface area contributed by atoms with Crippen LogP contribution >= 0.6 is 0 Å². The zero-order valence-electron chi connectivity index (χ0n) is 23.8. The van der Waals surface area contributed by atoms with Gasteiger partial charge in [0.2, 0.25) is 0 Å². The highest BCUT2D eigenvalue weighted by molar-refractivity contribution is 7.80. The Balaban J connectivity index is 1.57. The van der Waals surface area contributed by atoms with Gasteiger partial charge in [-0.05, 0) is 68.5 Å². The number of nitro groups is 1. The molecule has 1 heterocycles. The summed E-state index contributed by atoms with van der Waals surface area (Å²) in [6.07, 6.45) is 3.98.